The number of hydrogen-bond donors (Lipinski definition) is 0. The SMILES string of the molecule is O=C(/C(Br)=C/c1ccc2c(c1)OCO2)c1ccc([N+](=O)[O-])o1. The molecule has 2 aromatic rings. The predicted molar refractivity (Wildman–Crippen MR) is 79.2 cm³/mol. The standard InChI is InChI=1S/C14H8BrNO6/c15-9(14(17)11-3-4-13(22-11)16(18)19)5-8-1-2-10-12(6-8)21-7-20-10/h1-6H,7H2/b9-5-. The second kappa shape index (κ2) is 5.64. The number of allylic oxidation sites excluding steroid dienone is 1. The molecular formula is C14H8BrNO6. The number of benzene rings is 1. The molecule has 1 aromatic heterocycles. The number of fused-ring (bicyclic) bond motifs is 1. The van der Waals surface area contributed by atoms with Crippen LogP contribution in [0.15, 0.2) is 39.2 Å². The molecule has 1 aromatic carbocycles. The highest BCUT2D eigenvalue weighted by Gasteiger charge is 2.19. The molecule has 0 fully saturated rings. The lowest BCUT2D eigenvalue weighted by molar-refractivity contribution is -0.402. The zero-order valence-electron chi connectivity index (χ0n) is 10.9. The highest BCUT2D eigenvalue weighted by atomic mass is 79.9. The van der Waals surface area contributed by atoms with E-state index in [4.69, 9.17) is 13.9 Å². The molecule has 0 bridgehead atoms. The number of carbonyl (C=O) groups excluding carboxylic acids is 1. The average molecular weight is 366 g/mol. The summed E-state index contributed by atoms with van der Waals surface area (Å²) >= 11 is 3.15. The topological polar surface area (TPSA) is 91.8 Å². The van der Waals surface area contributed by atoms with Crippen molar-refractivity contribution in [1.82, 2.24) is 0 Å². The first-order valence-electron chi connectivity index (χ1n) is 6.10. The number of ketones is 1. The van der Waals surface area contributed by atoms with Crippen molar-refractivity contribution in [3.05, 3.63) is 56.3 Å². The number of halogens is 1. The Morgan fingerprint density at radius 1 is 1.23 bits per heavy atom. The van der Waals surface area contributed by atoms with Crippen molar-refractivity contribution in [2.45, 2.75) is 0 Å². The van der Waals surface area contributed by atoms with Crippen LogP contribution in [0.2, 0.25) is 0 Å². The second-order valence-corrected chi connectivity index (χ2v) is 5.18. The molecule has 0 atom stereocenters. The maximum absolute atomic E-state index is 12.1. The first kappa shape index (κ1) is 14.3. The molecule has 1 aliphatic rings. The van der Waals surface area contributed by atoms with E-state index in [0.29, 0.717) is 17.1 Å². The summed E-state index contributed by atoms with van der Waals surface area (Å²) < 4.78 is 15.5. The zero-order chi connectivity index (χ0) is 15.7. The van der Waals surface area contributed by atoms with E-state index >= 15 is 0 Å². The normalized spacial score (nSPS) is 13.2. The van der Waals surface area contributed by atoms with Crippen LogP contribution in [0.5, 0.6) is 11.5 Å². The van der Waals surface area contributed by atoms with Crippen LogP contribution in [0.25, 0.3) is 6.08 Å². The molecule has 2 heterocycles. The first-order chi connectivity index (χ1) is 10.5. The van der Waals surface area contributed by atoms with Crippen LogP contribution in [-0.2, 0) is 0 Å². The van der Waals surface area contributed by atoms with E-state index in [9.17, 15) is 14.9 Å². The highest BCUT2D eigenvalue weighted by Crippen LogP contribution is 2.33. The van der Waals surface area contributed by atoms with Gasteiger partial charge in [-0.3, -0.25) is 14.9 Å². The molecule has 7 nitrogen and oxygen atoms in total. The molecule has 22 heavy (non-hydrogen) atoms. The maximum Gasteiger partial charge on any atom is 0.433 e. The van der Waals surface area contributed by atoms with Gasteiger partial charge in [-0.1, -0.05) is 6.07 Å². The molecule has 0 N–H and O–H groups in total. The van der Waals surface area contributed by atoms with Crippen molar-refractivity contribution in [2.24, 2.45) is 0 Å². The number of furan rings is 1. The Labute approximate surface area is 132 Å². The van der Waals surface area contributed by atoms with E-state index in [-0.39, 0.29) is 17.0 Å². The molecule has 0 saturated carbocycles. The van der Waals surface area contributed by atoms with Crippen molar-refractivity contribution in [1.29, 1.82) is 0 Å². The van der Waals surface area contributed by atoms with Gasteiger partial charge in [-0.2, -0.15) is 0 Å². The molecule has 8 heteroatoms. The summed E-state index contributed by atoms with van der Waals surface area (Å²) in [6, 6.07) is 7.61. The summed E-state index contributed by atoms with van der Waals surface area (Å²) in [5.41, 5.74) is 0.713. The number of carbonyl (C=O) groups is 1. The molecular weight excluding hydrogens is 358 g/mol. The van der Waals surface area contributed by atoms with Crippen molar-refractivity contribution in [3.63, 3.8) is 0 Å². The zero-order valence-corrected chi connectivity index (χ0v) is 12.5. The largest absolute Gasteiger partial charge is 0.454 e. The van der Waals surface area contributed by atoms with Gasteiger partial charge in [0.15, 0.2) is 17.3 Å². The van der Waals surface area contributed by atoms with E-state index < -0.39 is 16.6 Å². The van der Waals surface area contributed by atoms with Gasteiger partial charge in [-0.05, 0) is 45.8 Å². The Hall–Kier alpha value is -2.61. The average Bonchev–Trinajstić information content (AvgIpc) is 3.15. The number of hydrogen-bond acceptors (Lipinski definition) is 6. The monoisotopic (exact) mass is 365 g/mol. The van der Waals surface area contributed by atoms with Crippen molar-refractivity contribution in [3.8, 4) is 11.5 Å². The second-order valence-electron chi connectivity index (χ2n) is 4.33. The summed E-state index contributed by atoms with van der Waals surface area (Å²) in [5, 5.41) is 10.6. The number of rotatable bonds is 4. The fourth-order valence-electron chi connectivity index (χ4n) is 1.88. The lowest BCUT2D eigenvalue weighted by Gasteiger charge is -1.99. The van der Waals surface area contributed by atoms with Gasteiger partial charge < -0.3 is 13.9 Å². The molecule has 0 radical (unpaired) electrons. The quantitative estimate of drug-likeness (QED) is 0.356. The lowest BCUT2D eigenvalue weighted by atomic mass is 10.1. The van der Waals surface area contributed by atoms with Gasteiger partial charge in [0.1, 0.15) is 4.92 Å². The number of Topliss-reactive ketones (excluding diaryl/α,β-unsaturated/α-hetero) is 1. The van der Waals surface area contributed by atoms with E-state index in [2.05, 4.69) is 15.9 Å². The molecule has 0 spiro atoms. The summed E-state index contributed by atoms with van der Waals surface area (Å²) in [6.07, 6.45) is 1.57. The van der Waals surface area contributed by atoms with Gasteiger partial charge in [-0.15, -0.1) is 0 Å². The summed E-state index contributed by atoms with van der Waals surface area (Å²) in [4.78, 5) is 22.0. The van der Waals surface area contributed by atoms with Gasteiger partial charge in [-0.25, -0.2) is 0 Å². The third kappa shape index (κ3) is 2.73. The van der Waals surface area contributed by atoms with E-state index in [1.54, 1.807) is 24.3 Å². The summed E-state index contributed by atoms with van der Waals surface area (Å²) in [7, 11) is 0. The van der Waals surface area contributed by atoms with Crippen LogP contribution in [-0.4, -0.2) is 17.5 Å². The first-order valence-corrected chi connectivity index (χ1v) is 6.89. The Balaban J connectivity index is 1.84. The highest BCUT2D eigenvalue weighted by molar-refractivity contribution is 9.12. The minimum absolute atomic E-state index is 0.115. The molecule has 1 aliphatic heterocycles. The third-order valence-electron chi connectivity index (χ3n) is 2.90. The Morgan fingerprint density at radius 2 is 2.00 bits per heavy atom. The Bertz CT molecular complexity index is 794. The summed E-state index contributed by atoms with van der Waals surface area (Å²) in [5.74, 6) is 0.143. The van der Waals surface area contributed by atoms with Crippen LogP contribution < -0.4 is 9.47 Å². The van der Waals surface area contributed by atoms with Gasteiger partial charge in [0.2, 0.25) is 12.6 Å². The van der Waals surface area contributed by atoms with E-state index in [1.165, 1.54) is 6.07 Å². The van der Waals surface area contributed by atoms with Crippen LogP contribution in [0.4, 0.5) is 5.88 Å². The number of nitrogens with zero attached hydrogens (tertiary/aromatic N) is 1. The van der Waals surface area contributed by atoms with Crippen molar-refractivity contribution in [2.75, 3.05) is 6.79 Å². The van der Waals surface area contributed by atoms with Gasteiger partial charge in [0.25, 0.3) is 0 Å². The van der Waals surface area contributed by atoms with E-state index in [0.717, 1.165) is 6.07 Å². The molecule has 0 aliphatic carbocycles. The van der Waals surface area contributed by atoms with Gasteiger partial charge >= 0.3 is 5.88 Å². The molecule has 3 rings (SSSR count). The fourth-order valence-corrected chi connectivity index (χ4v) is 2.34. The van der Waals surface area contributed by atoms with Gasteiger partial charge in [0.05, 0.1) is 10.5 Å². The minimum Gasteiger partial charge on any atom is -0.454 e. The third-order valence-corrected chi connectivity index (χ3v) is 3.49. The smallest absolute Gasteiger partial charge is 0.433 e. The summed E-state index contributed by atoms with van der Waals surface area (Å²) in [6.45, 7) is 0.165. The molecule has 112 valence electrons. The minimum atomic E-state index is -0.702. The molecule has 0 unspecified atom stereocenters. The Morgan fingerprint density at radius 3 is 2.73 bits per heavy atom. The van der Waals surface area contributed by atoms with Crippen molar-refractivity contribution >= 4 is 33.7 Å². The van der Waals surface area contributed by atoms with Crippen LogP contribution in [0.1, 0.15) is 16.1 Å². The Kier molecular flexibility index (Phi) is 3.68. The van der Waals surface area contributed by atoms with Crippen molar-refractivity contribution < 1.29 is 23.6 Å². The van der Waals surface area contributed by atoms with Gasteiger partial charge in [0, 0.05) is 0 Å². The van der Waals surface area contributed by atoms with Crippen LogP contribution in [0, 0.1) is 10.1 Å². The van der Waals surface area contributed by atoms with E-state index in [1.807, 2.05) is 0 Å². The lowest BCUT2D eigenvalue weighted by Crippen LogP contribution is -1.96. The predicted octanol–water partition coefficient (Wildman–Crippen LogP) is 3.54. The maximum atomic E-state index is 12.1. The van der Waals surface area contributed by atoms with Crippen LogP contribution >= 0.6 is 15.9 Å². The number of ether oxygens (including phenoxy) is 2. The fraction of sp³-hybridized carbons (Fsp3) is 0.0714. The molecule has 0 amide bonds. The number of nitro groups is 1. The van der Waals surface area contributed by atoms with Crippen LogP contribution in [0.3, 0.4) is 0 Å². The molecule has 0 saturated heterocycles.